The number of aromatic nitrogens is 4. The van der Waals surface area contributed by atoms with Gasteiger partial charge in [0.25, 0.3) is 0 Å². The summed E-state index contributed by atoms with van der Waals surface area (Å²) in [6.07, 6.45) is 1.83. The van der Waals surface area contributed by atoms with Gasteiger partial charge < -0.3 is 9.88 Å². The van der Waals surface area contributed by atoms with Gasteiger partial charge in [-0.15, -0.1) is 16.8 Å². The van der Waals surface area contributed by atoms with E-state index in [1.807, 2.05) is 72.8 Å². The van der Waals surface area contributed by atoms with Gasteiger partial charge in [-0.25, -0.2) is 4.98 Å². The molecule has 31 heavy (non-hydrogen) atoms. The molecule has 0 fully saturated rings. The Hall–Kier alpha value is -3.71. The van der Waals surface area contributed by atoms with E-state index < -0.39 is 0 Å². The van der Waals surface area contributed by atoms with Crippen molar-refractivity contribution < 1.29 is 4.79 Å². The fourth-order valence-corrected chi connectivity index (χ4v) is 4.30. The van der Waals surface area contributed by atoms with Gasteiger partial charge in [0.05, 0.1) is 11.3 Å². The summed E-state index contributed by atoms with van der Waals surface area (Å²) in [5.74, 6) is 0.0784. The van der Waals surface area contributed by atoms with E-state index >= 15 is 0 Å². The van der Waals surface area contributed by atoms with Crippen LogP contribution in [-0.2, 0) is 11.3 Å². The zero-order valence-electron chi connectivity index (χ0n) is 16.7. The maximum atomic E-state index is 12.6. The first-order valence-electron chi connectivity index (χ1n) is 9.87. The van der Waals surface area contributed by atoms with E-state index in [4.69, 9.17) is 0 Å². The molecule has 0 aliphatic rings. The van der Waals surface area contributed by atoms with Crippen LogP contribution in [0.4, 0.5) is 5.69 Å². The Morgan fingerprint density at radius 1 is 1.00 bits per heavy atom. The number of anilines is 1. The number of nitrogens with zero attached hydrogens (tertiary/aromatic N) is 4. The number of hydrogen-bond acceptors (Lipinski definition) is 5. The molecule has 5 rings (SSSR count). The highest BCUT2D eigenvalue weighted by molar-refractivity contribution is 7.99. The summed E-state index contributed by atoms with van der Waals surface area (Å²) in [4.78, 5) is 17.3. The molecule has 0 saturated heterocycles. The molecule has 152 valence electrons. The van der Waals surface area contributed by atoms with Gasteiger partial charge in [0.2, 0.25) is 11.1 Å². The second kappa shape index (κ2) is 8.20. The number of nitrogens with one attached hydrogen (secondary N) is 1. The highest BCUT2D eigenvalue weighted by Gasteiger charge is 2.15. The van der Waals surface area contributed by atoms with E-state index in [0.717, 1.165) is 38.5 Å². The third kappa shape index (κ3) is 3.64. The lowest BCUT2D eigenvalue weighted by Gasteiger charge is -2.08. The zero-order valence-corrected chi connectivity index (χ0v) is 17.5. The third-order valence-electron chi connectivity index (χ3n) is 5.06. The SMILES string of the molecule is C=CCn1c2ccccc2c2nnc(SCC(=O)Nc3cccc4ccccc34)nc21. The summed E-state index contributed by atoms with van der Waals surface area (Å²) in [6.45, 7) is 4.47. The molecule has 0 atom stereocenters. The fraction of sp³-hybridized carbons (Fsp3) is 0.0833. The van der Waals surface area contributed by atoms with Crippen molar-refractivity contribution in [3.8, 4) is 0 Å². The standard InChI is InChI=1S/C24H19N5OS/c1-2-14-29-20-13-6-5-11-18(20)22-23(29)26-24(28-27-22)31-15-21(30)25-19-12-7-9-16-8-3-4-10-17(16)19/h2-13H,1,14-15H2,(H,25,30). The van der Waals surface area contributed by atoms with Crippen LogP contribution in [-0.4, -0.2) is 31.4 Å². The number of para-hydroxylation sites is 1. The molecule has 1 N–H and O–H groups in total. The third-order valence-corrected chi connectivity index (χ3v) is 5.90. The molecule has 0 spiro atoms. The normalized spacial score (nSPS) is 11.2. The van der Waals surface area contributed by atoms with E-state index in [2.05, 4.69) is 31.6 Å². The molecule has 6 nitrogen and oxygen atoms in total. The number of allylic oxidation sites excluding steroid dienone is 1. The van der Waals surface area contributed by atoms with Gasteiger partial charge in [-0.2, -0.15) is 0 Å². The molecule has 0 aliphatic heterocycles. The molecule has 2 aromatic heterocycles. The van der Waals surface area contributed by atoms with Gasteiger partial charge in [0, 0.05) is 23.0 Å². The van der Waals surface area contributed by atoms with Crippen LogP contribution in [0.3, 0.4) is 0 Å². The molecule has 2 heterocycles. The van der Waals surface area contributed by atoms with E-state index in [-0.39, 0.29) is 11.7 Å². The number of hydrogen-bond donors (Lipinski definition) is 1. The van der Waals surface area contributed by atoms with Gasteiger partial charge in [0.1, 0.15) is 5.52 Å². The van der Waals surface area contributed by atoms with Gasteiger partial charge in [-0.05, 0) is 17.5 Å². The molecular weight excluding hydrogens is 406 g/mol. The van der Waals surface area contributed by atoms with E-state index in [0.29, 0.717) is 11.7 Å². The molecule has 3 aromatic carbocycles. The van der Waals surface area contributed by atoms with Crippen molar-refractivity contribution in [2.45, 2.75) is 11.7 Å². The van der Waals surface area contributed by atoms with Crippen molar-refractivity contribution in [3.05, 3.63) is 79.4 Å². The molecule has 0 aliphatic carbocycles. The lowest BCUT2D eigenvalue weighted by molar-refractivity contribution is -0.113. The summed E-state index contributed by atoms with van der Waals surface area (Å²) < 4.78 is 2.06. The van der Waals surface area contributed by atoms with Crippen LogP contribution in [0, 0.1) is 0 Å². The van der Waals surface area contributed by atoms with E-state index in [1.165, 1.54) is 11.8 Å². The minimum absolute atomic E-state index is 0.114. The van der Waals surface area contributed by atoms with E-state index in [9.17, 15) is 4.79 Å². The molecule has 0 saturated carbocycles. The molecular formula is C24H19N5OS. The first-order chi connectivity index (χ1) is 15.2. The number of benzene rings is 3. The Labute approximate surface area is 183 Å². The molecule has 1 amide bonds. The largest absolute Gasteiger partial charge is 0.325 e. The van der Waals surface area contributed by atoms with Crippen molar-refractivity contribution in [1.29, 1.82) is 0 Å². The minimum atomic E-state index is -0.114. The second-order valence-electron chi connectivity index (χ2n) is 7.05. The van der Waals surface area contributed by atoms with Crippen molar-refractivity contribution in [3.63, 3.8) is 0 Å². The summed E-state index contributed by atoms with van der Waals surface area (Å²) in [6, 6.07) is 21.8. The molecule has 0 bridgehead atoms. The van der Waals surface area contributed by atoms with Crippen LogP contribution >= 0.6 is 11.8 Å². The van der Waals surface area contributed by atoms with Crippen LogP contribution in [0.15, 0.2) is 84.5 Å². The Morgan fingerprint density at radius 2 is 1.77 bits per heavy atom. The molecule has 0 radical (unpaired) electrons. The first kappa shape index (κ1) is 19.3. The predicted molar refractivity (Wildman–Crippen MR) is 126 cm³/mol. The quantitative estimate of drug-likeness (QED) is 0.304. The maximum Gasteiger partial charge on any atom is 0.234 e. The van der Waals surface area contributed by atoms with Crippen molar-refractivity contribution in [2.75, 3.05) is 11.1 Å². The summed E-state index contributed by atoms with van der Waals surface area (Å²) in [5.41, 5.74) is 3.33. The average Bonchev–Trinajstić information content (AvgIpc) is 3.11. The van der Waals surface area contributed by atoms with Crippen molar-refractivity contribution >= 4 is 56.2 Å². The lowest BCUT2D eigenvalue weighted by atomic mass is 10.1. The maximum absolute atomic E-state index is 12.6. The number of thioether (sulfide) groups is 1. The Morgan fingerprint density at radius 3 is 2.65 bits per heavy atom. The smallest absolute Gasteiger partial charge is 0.234 e. The lowest BCUT2D eigenvalue weighted by Crippen LogP contribution is -2.14. The van der Waals surface area contributed by atoms with Crippen molar-refractivity contribution in [1.82, 2.24) is 19.7 Å². The second-order valence-corrected chi connectivity index (χ2v) is 7.99. The summed E-state index contributed by atoms with van der Waals surface area (Å²) in [5, 5.41) is 15.2. The topological polar surface area (TPSA) is 72.7 Å². The van der Waals surface area contributed by atoms with Crippen LogP contribution in [0.1, 0.15) is 0 Å². The fourth-order valence-electron chi connectivity index (χ4n) is 3.72. The molecule has 7 heteroatoms. The highest BCUT2D eigenvalue weighted by atomic mass is 32.2. The number of fused-ring (bicyclic) bond motifs is 4. The Balaban J connectivity index is 1.38. The first-order valence-corrected chi connectivity index (χ1v) is 10.9. The van der Waals surface area contributed by atoms with Crippen LogP contribution in [0.5, 0.6) is 0 Å². The zero-order chi connectivity index (χ0) is 21.2. The summed E-state index contributed by atoms with van der Waals surface area (Å²) >= 11 is 1.27. The highest BCUT2D eigenvalue weighted by Crippen LogP contribution is 2.27. The van der Waals surface area contributed by atoms with Crippen LogP contribution in [0.2, 0.25) is 0 Å². The van der Waals surface area contributed by atoms with Crippen molar-refractivity contribution in [2.24, 2.45) is 0 Å². The monoisotopic (exact) mass is 425 g/mol. The predicted octanol–water partition coefficient (Wildman–Crippen LogP) is 5.05. The Kier molecular flexibility index (Phi) is 5.09. The van der Waals surface area contributed by atoms with Gasteiger partial charge in [-0.3, -0.25) is 4.79 Å². The molecule has 5 aromatic rings. The number of carbonyl (C=O) groups excluding carboxylic acids is 1. The van der Waals surface area contributed by atoms with Gasteiger partial charge in [-0.1, -0.05) is 72.4 Å². The number of amides is 1. The minimum Gasteiger partial charge on any atom is -0.325 e. The van der Waals surface area contributed by atoms with Crippen LogP contribution in [0.25, 0.3) is 32.8 Å². The van der Waals surface area contributed by atoms with E-state index in [1.54, 1.807) is 0 Å². The summed E-state index contributed by atoms with van der Waals surface area (Å²) in [7, 11) is 0. The average molecular weight is 426 g/mol. The van der Waals surface area contributed by atoms with Gasteiger partial charge in [0.15, 0.2) is 5.65 Å². The number of carbonyl (C=O) groups is 1. The number of rotatable bonds is 6. The van der Waals surface area contributed by atoms with Gasteiger partial charge >= 0.3 is 0 Å². The van der Waals surface area contributed by atoms with Crippen LogP contribution < -0.4 is 5.32 Å². The Bertz CT molecular complexity index is 1440. The molecule has 0 unspecified atom stereocenters.